The molecule has 4 nitrogen and oxygen atoms in total. The molecule has 0 aliphatic carbocycles. The van der Waals surface area contributed by atoms with Gasteiger partial charge in [0.1, 0.15) is 10.9 Å². The predicted molar refractivity (Wildman–Crippen MR) is 117 cm³/mol. The minimum atomic E-state index is -0.900. The Kier molecular flexibility index (Phi) is 5.29. The first-order valence-corrected chi connectivity index (χ1v) is 10.9. The summed E-state index contributed by atoms with van der Waals surface area (Å²) in [5.41, 5.74) is 2.97. The van der Waals surface area contributed by atoms with Crippen molar-refractivity contribution < 1.29 is 9.90 Å². The number of hydrogen-bond donors (Lipinski definition) is 1. The number of rotatable bonds is 4. The van der Waals surface area contributed by atoms with E-state index in [0.29, 0.717) is 9.93 Å². The van der Waals surface area contributed by atoms with Gasteiger partial charge in [-0.2, -0.15) is 0 Å². The Morgan fingerprint density at radius 3 is 2.32 bits per heavy atom. The van der Waals surface area contributed by atoms with Gasteiger partial charge < -0.3 is 10.0 Å². The van der Waals surface area contributed by atoms with Crippen LogP contribution >= 0.6 is 39.3 Å². The lowest BCUT2D eigenvalue weighted by molar-refractivity contribution is -0.131. The molecule has 0 saturated heterocycles. The van der Waals surface area contributed by atoms with Gasteiger partial charge in [-0.15, -0.1) is 0 Å². The summed E-state index contributed by atoms with van der Waals surface area (Å²) in [4.78, 5) is 19.3. The van der Waals surface area contributed by atoms with E-state index in [-0.39, 0.29) is 18.0 Å². The number of benzene rings is 2. The van der Waals surface area contributed by atoms with E-state index in [0.717, 1.165) is 26.5 Å². The monoisotopic (exact) mass is 476 g/mol. The van der Waals surface area contributed by atoms with Gasteiger partial charge in [-0.1, -0.05) is 65.6 Å². The molecule has 2 aliphatic heterocycles. The maximum absolute atomic E-state index is 11.8. The summed E-state index contributed by atoms with van der Waals surface area (Å²) in [6.07, 6.45) is 0. The van der Waals surface area contributed by atoms with Crippen LogP contribution in [0.5, 0.6) is 0 Å². The van der Waals surface area contributed by atoms with Crippen LogP contribution in [0.3, 0.4) is 0 Å². The minimum absolute atomic E-state index is 0.0632. The van der Waals surface area contributed by atoms with Crippen LogP contribution in [-0.4, -0.2) is 21.1 Å². The van der Waals surface area contributed by atoms with Gasteiger partial charge >= 0.3 is 5.97 Å². The van der Waals surface area contributed by atoms with Crippen LogP contribution in [-0.2, 0) is 4.79 Å². The zero-order valence-electron chi connectivity index (χ0n) is 15.3. The SMILES string of the molecule is CC(C)C1=C(C(=O)O)SC2=N[C@@H](c3ccc(Cl)cc3)[C@@H](c3ccc(Br)cc3)N21. The molecular formula is C21H18BrClN2O2S. The van der Waals surface area contributed by atoms with Gasteiger partial charge in [0.2, 0.25) is 0 Å². The molecule has 4 rings (SSSR count). The molecule has 0 saturated carbocycles. The molecular weight excluding hydrogens is 460 g/mol. The van der Waals surface area contributed by atoms with E-state index < -0.39 is 5.97 Å². The molecule has 2 heterocycles. The summed E-state index contributed by atoms with van der Waals surface area (Å²) < 4.78 is 1.00. The first kappa shape index (κ1) is 19.6. The average Bonchev–Trinajstić information content (AvgIpc) is 3.19. The number of allylic oxidation sites excluding steroid dienone is 1. The smallest absolute Gasteiger partial charge is 0.344 e. The lowest BCUT2D eigenvalue weighted by Gasteiger charge is -2.31. The third kappa shape index (κ3) is 3.38. The second-order valence-corrected chi connectivity index (χ2v) is 9.38. The van der Waals surface area contributed by atoms with Gasteiger partial charge in [0.05, 0.1) is 6.04 Å². The molecule has 0 spiro atoms. The van der Waals surface area contributed by atoms with Crippen molar-refractivity contribution in [3.8, 4) is 0 Å². The third-order valence-corrected chi connectivity index (χ3v) is 6.74. The van der Waals surface area contributed by atoms with Crippen LogP contribution in [0, 0.1) is 5.92 Å². The highest BCUT2D eigenvalue weighted by Gasteiger charge is 2.47. The third-order valence-electron chi connectivity index (χ3n) is 4.88. The molecule has 144 valence electrons. The fourth-order valence-corrected chi connectivity index (χ4v) is 5.27. The Morgan fingerprint density at radius 2 is 1.75 bits per heavy atom. The summed E-state index contributed by atoms with van der Waals surface area (Å²) in [6.45, 7) is 4.05. The number of amidine groups is 1. The van der Waals surface area contributed by atoms with E-state index in [1.54, 1.807) is 0 Å². The Hall–Kier alpha value is -1.76. The molecule has 0 bridgehead atoms. The summed E-state index contributed by atoms with van der Waals surface area (Å²) in [5.74, 6) is -0.836. The summed E-state index contributed by atoms with van der Waals surface area (Å²) in [6, 6.07) is 15.6. The number of fused-ring (bicyclic) bond motifs is 1. The van der Waals surface area contributed by atoms with Crippen LogP contribution in [0.1, 0.15) is 37.1 Å². The molecule has 2 aromatic carbocycles. The van der Waals surface area contributed by atoms with E-state index in [4.69, 9.17) is 16.6 Å². The minimum Gasteiger partial charge on any atom is -0.477 e. The molecule has 7 heteroatoms. The number of carboxylic acid groups (broad SMARTS) is 1. The van der Waals surface area contributed by atoms with Crippen molar-refractivity contribution in [3.05, 3.63) is 79.8 Å². The summed E-state index contributed by atoms with van der Waals surface area (Å²) in [5, 5.41) is 11.1. The van der Waals surface area contributed by atoms with Crippen molar-refractivity contribution in [2.75, 3.05) is 0 Å². The number of halogens is 2. The standard InChI is InChI=1S/C21H18BrClN2O2S/c1-11(2)17-19(20(26)27)28-21-24-16(12-5-9-15(23)10-6-12)18(25(17)21)13-3-7-14(22)8-4-13/h3-11,16,18H,1-2H3,(H,26,27)/t16-,18+/m0/s1. The normalized spacial score (nSPS) is 21.3. The quantitative estimate of drug-likeness (QED) is 0.565. The van der Waals surface area contributed by atoms with E-state index in [1.165, 1.54) is 11.8 Å². The lowest BCUT2D eigenvalue weighted by atomic mass is 9.92. The number of aliphatic imine (C=N–C) groups is 1. The molecule has 1 N–H and O–H groups in total. The molecule has 0 amide bonds. The van der Waals surface area contributed by atoms with E-state index in [1.807, 2.05) is 50.2 Å². The molecule has 0 unspecified atom stereocenters. The van der Waals surface area contributed by atoms with Crippen LogP contribution in [0.25, 0.3) is 0 Å². The zero-order chi connectivity index (χ0) is 20.0. The van der Waals surface area contributed by atoms with E-state index in [9.17, 15) is 9.90 Å². The van der Waals surface area contributed by atoms with Crippen LogP contribution in [0.2, 0.25) is 5.02 Å². The maximum atomic E-state index is 11.8. The number of hydrogen-bond acceptors (Lipinski definition) is 4. The average molecular weight is 478 g/mol. The summed E-state index contributed by atoms with van der Waals surface area (Å²) in [7, 11) is 0. The second-order valence-electron chi connectivity index (χ2n) is 7.05. The van der Waals surface area contributed by atoms with Crippen molar-refractivity contribution in [2.45, 2.75) is 25.9 Å². The largest absolute Gasteiger partial charge is 0.477 e. The fraction of sp³-hybridized carbons (Fsp3) is 0.238. The zero-order valence-corrected chi connectivity index (χ0v) is 18.4. The van der Waals surface area contributed by atoms with Crippen molar-refractivity contribution in [3.63, 3.8) is 0 Å². The van der Waals surface area contributed by atoms with Crippen molar-refractivity contribution >= 4 is 50.4 Å². The second kappa shape index (κ2) is 7.58. The van der Waals surface area contributed by atoms with E-state index in [2.05, 4.69) is 33.0 Å². The highest BCUT2D eigenvalue weighted by molar-refractivity contribution is 9.10. The van der Waals surface area contributed by atoms with Crippen LogP contribution in [0.4, 0.5) is 0 Å². The van der Waals surface area contributed by atoms with Gasteiger partial charge in [0.25, 0.3) is 0 Å². The fourth-order valence-electron chi connectivity index (χ4n) is 3.70. The number of aliphatic carboxylic acids is 1. The van der Waals surface area contributed by atoms with Crippen molar-refractivity contribution in [1.82, 2.24) is 4.90 Å². The Labute approximate surface area is 181 Å². The molecule has 2 aromatic rings. The van der Waals surface area contributed by atoms with Gasteiger partial charge in [-0.25, -0.2) is 4.79 Å². The molecule has 0 aromatic heterocycles. The molecule has 0 fully saturated rings. The highest BCUT2D eigenvalue weighted by Crippen LogP contribution is 2.53. The first-order valence-electron chi connectivity index (χ1n) is 8.90. The predicted octanol–water partition coefficient (Wildman–Crippen LogP) is 6.26. The number of carboxylic acids is 1. The molecule has 0 radical (unpaired) electrons. The Morgan fingerprint density at radius 1 is 1.14 bits per heavy atom. The van der Waals surface area contributed by atoms with Crippen molar-refractivity contribution in [1.29, 1.82) is 0 Å². The topological polar surface area (TPSA) is 52.9 Å². The first-order chi connectivity index (χ1) is 13.4. The number of carbonyl (C=O) groups is 1. The molecule has 2 aliphatic rings. The number of nitrogens with zero attached hydrogens (tertiary/aromatic N) is 2. The number of thioether (sulfide) groups is 1. The Bertz CT molecular complexity index is 986. The van der Waals surface area contributed by atoms with Crippen molar-refractivity contribution in [2.24, 2.45) is 10.9 Å². The van der Waals surface area contributed by atoms with Gasteiger partial charge in [-0.05, 0) is 53.1 Å². The van der Waals surface area contributed by atoms with Crippen LogP contribution in [0.15, 0.2) is 68.6 Å². The maximum Gasteiger partial charge on any atom is 0.344 e. The highest BCUT2D eigenvalue weighted by atomic mass is 79.9. The lowest BCUT2D eigenvalue weighted by Crippen LogP contribution is -2.29. The summed E-state index contributed by atoms with van der Waals surface area (Å²) >= 11 is 10.8. The van der Waals surface area contributed by atoms with E-state index >= 15 is 0 Å². The Balaban J connectivity index is 1.85. The molecule has 2 atom stereocenters. The van der Waals surface area contributed by atoms with Crippen LogP contribution < -0.4 is 0 Å². The van der Waals surface area contributed by atoms with Gasteiger partial charge in [0.15, 0.2) is 5.17 Å². The van der Waals surface area contributed by atoms with Gasteiger partial charge in [0, 0.05) is 15.2 Å². The molecule has 28 heavy (non-hydrogen) atoms. The van der Waals surface area contributed by atoms with Gasteiger partial charge in [-0.3, -0.25) is 4.99 Å².